The van der Waals surface area contributed by atoms with Gasteiger partial charge in [-0.2, -0.15) is 0 Å². The first-order valence-corrected chi connectivity index (χ1v) is 7.10. The van der Waals surface area contributed by atoms with E-state index in [1.165, 1.54) is 6.92 Å². The Hall–Kier alpha value is -2.12. The van der Waals surface area contributed by atoms with Gasteiger partial charge in [-0.3, -0.25) is 4.79 Å². The average Bonchev–Trinajstić information content (AvgIpc) is 2.47. The van der Waals surface area contributed by atoms with Gasteiger partial charge in [0.1, 0.15) is 0 Å². The Labute approximate surface area is 129 Å². The van der Waals surface area contributed by atoms with Gasteiger partial charge in [-0.1, -0.05) is 0 Å². The van der Waals surface area contributed by atoms with Gasteiger partial charge in [-0.05, 0) is 24.6 Å². The minimum atomic E-state index is -1.08. The highest BCUT2D eigenvalue weighted by atomic mass is 16.5. The molecule has 0 bridgehead atoms. The quantitative estimate of drug-likeness (QED) is 0.763. The van der Waals surface area contributed by atoms with Crippen molar-refractivity contribution in [1.29, 1.82) is 0 Å². The molecule has 1 heterocycles. The maximum Gasteiger partial charge on any atom is 0.337 e. The molecule has 1 aliphatic heterocycles. The summed E-state index contributed by atoms with van der Waals surface area (Å²) in [4.78, 5) is 24.6. The molecule has 1 amide bonds. The van der Waals surface area contributed by atoms with Gasteiger partial charge in [0.25, 0.3) is 0 Å². The molecule has 0 aromatic heterocycles. The Morgan fingerprint density at radius 2 is 2.18 bits per heavy atom. The predicted octanol–water partition coefficient (Wildman–Crippen LogP) is 0.896. The molecule has 0 saturated carbocycles. The van der Waals surface area contributed by atoms with E-state index in [9.17, 15) is 14.7 Å². The van der Waals surface area contributed by atoms with Crippen LogP contribution in [-0.2, 0) is 9.53 Å². The number of aromatic carboxylic acids is 1. The molecule has 1 fully saturated rings. The first-order valence-electron chi connectivity index (χ1n) is 7.10. The van der Waals surface area contributed by atoms with Crippen molar-refractivity contribution in [2.24, 2.45) is 5.73 Å². The number of nitrogens with two attached hydrogens (primary N) is 1. The van der Waals surface area contributed by atoms with Crippen LogP contribution < -0.4 is 16.0 Å². The Morgan fingerprint density at radius 3 is 2.77 bits per heavy atom. The summed E-state index contributed by atoms with van der Waals surface area (Å²) in [6.45, 7) is 2.69. The van der Waals surface area contributed by atoms with E-state index < -0.39 is 5.97 Å². The summed E-state index contributed by atoms with van der Waals surface area (Å²) in [6.07, 6.45) is 0.686. The number of carbonyl (C=O) groups excluding carboxylic acids is 1. The van der Waals surface area contributed by atoms with Crippen molar-refractivity contribution >= 4 is 23.3 Å². The van der Waals surface area contributed by atoms with Crippen molar-refractivity contribution in [2.45, 2.75) is 25.5 Å². The van der Waals surface area contributed by atoms with Crippen LogP contribution in [0.5, 0.6) is 0 Å². The minimum Gasteiger partial charge on any atom is -0.478 e. The van der Waals surface area contributed by atoms with E-state index in [0.29, 0.717) is 12.2 Å². The summed E-state index contributed by atoms with van der Waals surface area (Å²) in [5, 5.41) is 11.9. The molecular formula is C15H21N3O4. The summed E-state index contributed by atoms with van der Waals surface area (Å²) < 4.78 is 5.37. The van der Waals surface area contributed by atoms with Gasteiger partial charge in [0.15, 0.2) is 0 Å². The third-order valence-electron chi connectivity index (χ3n) is 3.82. The van der Waals surface area contributed by atoms with Gasteiger partial charge < -0.3 is 25.8 Å². The SMILES string of the molecule is COC1CN(c2ccc(NC(C)=O)c(C(=O)O)c2)CCC1N. The molecule has 0 spiro atoms. The summed E-state index contributed by atoms with van der Waals surface area (Å²) in [6, 6.07) is 4.95. The zero-order valence-corrected chi connectivity index (χ0v) is 12.7. The number of piperidine rings is 1. The zero-order valence-electron chi connectivity index (χ0n) is 12.7. The number of ether oxygens (including phenoxy) is 1. The highest BCUT2D eigenvalue weighted by Gasteiger charge is 2.27. The number of nitrogens with zero attached hydrogens (tertiary/aromatic N) is 1. The van der Waals surface area contributed by atoms with Gasteiger partial charge in [0, 0.05) is 38.9 Å². The summed E-state index contributed by atoms with van der Waals surface area (Å²) >= 11 is 0. The summed E-state index contributed by atoms with van der Waals surface area (Å²) in [5.74, 6) is -1.39. The van der Waals surface area contributed by atoms with E-state index in [2.05, 4.69) is 5.32 Å². The third-order valence-corrected chi connectivity index (χ3v) is 3.82. The number of hydrogen-bond donors (Lipinski definition) is 3. The van der Waals surface area contributed by atoms with E-state index in [1.54, 1.807) is 25.3 Å². The average molecular weight is 307 g/mol. The van der Waals surface area contributed by atoms with Gasteiger partial charge in [0.05, 0.1) is 17.4 Å². The molecule has 1 aliphatic rings. The van der Waals surface area contributed by atoms with Crippen LogP contribution in [0, 0.1) is 0 Å². The van der Waals surface area contributed by atoms with E-state index in [0.717, 1.165) is 18.7 Å². The van der Waals surface area contributed by atoms with Crippen molar-refractivity contribution in [2.75, 3.05) is 30.4 Å². The van der Waals surface area contributed by atoms with Gasteiger partial charge in [-0.15, -0.1) is 0 Å². The standard InChI is InChI=1S/C15H21N3O4/c1-9(19)17-13-4-3-10(7-11(13)15(20)21)18-6-5-12(16)14(8-18)22-2/h3-4,7,12,14H,5-6,8,16H2,1-2H3,(H,17,19)(H,20,21). The summed E-state index contributed by atoms with van der Waals surface area (Å²) in [5.41, 5.74) is 7.13. The molecule has 1 aromatic rings. The molecule has 2 rings (SSSR count). The Kier molecular flexibility index (Phi) is 4.99. The number of nitrogens with one attached hydrogen (secondary N) is 1. The summed E-state index contributed by atoms with van der Waals surface area (Å²) in [7, 11) is 1.62. The van der Waals surface area contributed by atoms with Crippen molar-refractivity contribution in [3.63, 3.8) is 0 Å². The minimum absolute atomic E-state index is 0.0150. The molecule has 22 heavy (non-hydrogen) atoms. The Balaban J connectivity index is 2.27. The van der Waals surface area contributed by atoms with E-state index in [1.807, 2.05) is 4.90 Å². The number of anilines is 2. The molecule has 1 aromatic carbocycles. The molecule has 120 valence electrons. The number of rotatable bonds is 4. The van der Waals surface area contributed by atoms with Crippen molar-refractivity contribution in [3.8, 4) is 0 Å². The van der Waals surface area contributed by atoms with E-state index >= 15 is 0 Å². The smallest absolute Gasteiger partial charge is 0.337 e. The fourth-order valence-electron chi connectivity index (χ4n) is 2.62. The Bertz CT molecular complexity index is 576. The molecule has 1 saturated heterocycles. The lowest BCUT2D eigenvalue weighted by molar-refractivity contribution is -0.114. The second kappa shape index (κ2) is 6.76. The molecule has 4 N–H and O–H groups in total. The second-order valence-electron chi connectivity index (χ2n) is 5.39. The number of benzene rings is 1. The molecule has 0 radical (unpaired) electrons. The molecule has 2 unspecified atom stereocenters. The lowest BCUT2D eigenvalue weighted by Crippen LogP contribution is -2.51. The number of amides is 1. The normalized spacial score (nSPS) is 21.5. The molecule has 7 heteroatoms. The number of carboxylic acids is 1. The van der Waals surface area contributed by atoms with E-state index in [4.69, 9.17) is 10.5 Å². The second-order valence-corrected chi connectivity index (χ2v) is 5.39. The highest BCUT2D eigenvalue weighted by molar-refractivity contribution is 6.00. The van der Waals surface area contributed by atoms with Gasteiger partial charge in [-0.25, -0.2) is 4.79 Å². The number of hydrogen-bond acceptors (Lipinski definition) is 5. The molecule has 7 nitrogen and oxygen atoms in total. The highest BCUT2D eigenvalue weighted by Crippen LogP contribution is 2.26. The first kappa shape index (κ1) is 16.3. The maximum atomic E-state index is 11.4. The topological polar surface area (TPSA) is 105 Å². The van der Waals surface area contributed by atoms with Crippen LogP contribution in [0.15, 0.2) is 18.2 Å². The number of methoxy groups -OCH3 is 1. The molecule has 2 atom stereocenters. The Morgan fingerprint density at radius 1 is 1.45 bits per heavy atom. The lowest BCUT2D eigenvalue weighted by Gasteiger charge is -2.37. The van der Waals surface area contributed by atoms with Crippen LogP contribution in [0.2, 0.25) is 0 Å². The fourth-order valence-corrected chi connectivity index (χ4v) is 2.62. The lowest BCUT2D eigenvalue weighted by atomic mass is 10.0. The van der Waals surface area contributed by atoms with Crippen molar-refractivity contribution < 1.29 is 19.4 Å². The van der Waals surface area contributed by atoms with E-state index in [-0.39, 0.29) is 23.6 Å². The van der Waals surface area contributed by atoms with Crippen LogP contribution in [0.25, 0.3) is 0 Å². The monoisotopic (exact) mass is 307 g/mol. The molecular weight excluding hydrogens is 286 g/mol. The van der Waals surface area contributed by atoms with Crippen LogP contribution in [0.4, 0.5) is 11.4 Å². The fraction of sp³-hybridized carbons (Fsp3) is 0.467. The van der Waals surface area contributed by atoms with Crippen LogP contribution in [0.1, 0.15) is 23.7 Å². The molecule has 0 aliphatic carbocycles. The van der Waals surface area contributed by atoms with Crippen molar-refractivity contribution in [3.05, 3.63) is 23.8 Å². The van der Waals surface area contributed by atoms with Crippen molar-refractivity contribution in [1.82, 2.24) is 0 Å². The predicted molar refractivity (Wildman–Crippen MR) is 83.3 cm³/mol. The van der Waals surface area contributed by atoms with Crippen LogP contribution in [-0.4, -0.2) is 49.3 Å². The zero-order chi connectivity index (χ0) is 16.3. The van der Waals surface area contributed by atoms with Gasteiger partial charge in [0.2, 0.25) is 5.91 Å². The van der Waals surface area contributed by atoms with Crippen LogP contribution in [0.3, 0.4) is 0 Å². The van der Waals surface area contributed by atoms with Crippen LogP contribution >= 0.6 is 0 Å². The largest absolute Gasteiger partial charge is 0.478 e. The maximum absolute atomic E-state index is 11.4. The number of carboxylic acid groups (broad SMARTS) is 1. The number of carbonyl (C=O) groups is 2. The first-order chi connectivity index (χ1) is 10.4. The third kappa shape index (κ3) is 3.55. The van der Waals surface area contributed by atoms with Gasteiger partial charge >= 0.3 is 5.97 Å².